The van der Waals surface area contributed by atoms with E-state index in [2.05, 4.69) is 10.5 Å². The first-order chi connectivity index (χ1) is 14.9. The van der Waals surface area contributed by atoms with Gasteiger partial charge in [-0.2, -0.15) is 0 Å². The van der Waals surface area contributed by atoms with Gasteiger partial charge in [0.15, 0.2) is 17.3 Å². The molecule has 0 aliphatic carbocycles. The highest BCUT2D eigenvalue weighted by Gasteiger charge is 2.21. The molecule has 0 heterocycles. The molecule has 0 radical (unpaired) electrons. The van der Waals surface area contributed by atoms with Crippen LogP contribution >= 0.6 is 0 Å². The molecule has 0 bridgehead atoms. The molecule has 2 aromatic carbocycles. The third-order valence-electron chi connectivity index (χ3n) is 4.17. The highest BCUT2D eigenvalue weighted by molar-refractivity contribution is 5.97. The minimum Gasteiger partial charge on any atom is -0.490 e. The van der Waals surface area contributed by atoms with Gasteiger partial charge in [0.25, 0.3) is 0 Å². The second kappa shape index (κ2) is 11.6. The lowest BCUT2D eigenvalue weighted by Gasteiger charge is -2.22. The molecule has 0 fully saturated rings. The number of hydrogen-bond donors (Lipinski definition) is 4. The monoisotopic (exact) mass is 435 g/mol. The lowest BCUT2D eigenvalue weighted by molar-refractivity contribution is -0.141. The van der Waals surface area contributed by atoms with Crippen molar-refractivity contribution in [3.8, 4) is 11.5 Å². The molecule has 0 aliphatic rings. The molecule has 168 valence electrons. The fourth-order valence-corrected chi connectivity index (χ4v) is 2.76. The Balaban J connectivity index is 2.37. The first kappa shape index (κ1) is 23.7. The van der Waals surface area contributed by atoms with Crippen LogP contribution in [0.1, 0.15) is 31.0 Å². The number of carbonyl (C=O) groups is 1. The minimum absolute atomic E-state index is 0.0133. The quantitative estimate of drug-likeness (QED) is 0.139. The minimum atomic E-state index is -0.746. The number of nitrogens with one attached hydrogen (secondary N) is 1. The van der Waals surface area contributed by atoms with E-state index in [9.17, 15) is 9.18 Å². The summed E-state index contributed by atoms with van der Waals surface area (Å²) in [6, 6.07) is 8.45. The molecule has 2 aromatic rings. The van der Waals surface area contributed by atoms with Crippen LogP contribution in [0.3, 0.4) is 0 Å². The number of anilines is 1. The molecule has 0 unspecified atom stereocenters. The maximum absolute atomic E-state index is 15.0. The molecule has 0 aromatic heterocycles. The van der Waals surface area contributed by atoms with E-state index in [1.807, 2.05) is 0 Å². The van der Waals surface area contributed by atoms with Gasteiger partial charge in [0.1, 0.15) is 19.0 Å². The van der Waals surface area contributed by atoms with E-state index in [1.54, 1.807) is 31.2 Å². The Morgan fingerprint density at radius 1 is 1.23 bits per heavy atom. The van der Waals surface area contributed by atoms with E-state index in [0.29, 0.717) is 23.6 Å². The molecule has 1 atom stereocenters. The highest BCUT2D eigenvalue weighted by Crippen LogP contribution is 2.34. The van der Waals surface area contributed by atoms with Gasteiger partial charge in [0.2, 0.25) is 0 Å². The SMILES string of the molecule is CCOc1cc([C@@H](COC(C)=O)Nc2ccc(C(N)=NO)cc2)c(F)cc1OCCO. The predicted octanol–water partition coefficient (Wildman–Crippen LogP) is 2.41. The number of nitrogens with zero attached hydrogens (tertiary/aromatic N) is 1. The zero-order valence-electron chi connectivity index (χ0n) is 17.3. The number of rotatable bonds is 11. The van der Waals surface area contributed by atoms with Gasteiger partial charge in [-0.1, -0.05) is 5.16 Å². The second-order valence-electron chi connectivity index (χ2n) is 6.39. The molecule has 0 aliphatic heterocycles. The average Bonchev–Trinajstić information content (AvgIpc) is 2.76. The van der Waals surface area contributed by atoms with Gasteiger partial charge in [-0.05, 0) is 37.3 Å². The van der Waals surface area contributed by atoms with Crippen molar-refractivity contribution >= 4 is 17.5 Å². The number of aliphatic hydroxyl groups is 1. The lowest BCUT2D eigenvalue weighted by atomic mass is 10.0. The van der Waals surface area contributed by atoms with Crippen molar-refractivity contribution in [3.63, 3.8) is 0 Å². The van der Waals surface area contributed by atoms with E-state index >= 15 is 0 Å². The molecule has 0 spiro atoms. The van der Waals surface area contributed by atoms with E-state index < -0.39 is 17.8 Å². The number of nitrogens with two attached hydrogens (primary N) is 1. The number of halogens is 1. The maximum atomic E-state index is 15.0. The van der Waals surface area contributed by atoms with Crippen LogP contribution in [0.25, 0.3) is 0 Å². The lowest BCUT2D eigenvalue weighted by Crippen LogP contribution is -2.20. The largest absolute Gasteiger partial charge is 0.490 e. The van der Waals surface area contributed by atoms with Crippen molar-refractivity contribution in [2.75, 3.05) is 31.7 Å². The number of hydrogen-bond acceptors (Lipinski definition) is 8. The fourth-order valence-electron chi connectivity index (χ4n) is 2.76. The van der Waals surface area contributed by atoms with Crippen LogP contribution in [-0.4, -0.2) is 48.5 Å². The standard InChI is InChI=1S/C21H26FN3O6/c1-3-29-19-10-16(17(22)11-20(19)30-9-8-26)18(12-31-13(2)27)24-15-6-4-14(5-7-15)21(23)25-28/h4-7,10-11,18,24,26,28H,3,8-9,12H2,1-2H3,(H2,23,25)/t18-/m1/s1. The zero-order valence-corrected chi connectivity index (χ0v) is 17.3. The molecule has 10 heteroatoms. The third kappa shape index (κ3) is 6.75. The molecule has 2 rings (SSSR count). The van der Waals surface area contributed by atoms with E-state index in [1.165, 1.54) is 19.1 Å². The van der Waals surface area contributed by atoms with E-state index in [-0.39, 0.29) is 37.0 Å². The number of esters is 1. The zero-order chi connectivity index (χ0) is 22.8. The van der Waals surface area contributed by atoms with Crippen molar-refractivity contribution in [1.82, 2.24) is 0 Å². The molecule has 0 saturated heterocycles. The topological polar surface area (TPSA) is 136 Å². The number of carbonyl (C=O) groups excluding carboxylic acids is 1. The van der Waals surface area contributed by atoms with Crippen LogP contribution in [0.4, 0.5) is 10.1 Å². The van der Waals surface area contributed by atoms with Crippen molar-refractivity contribution in [2.24, 2.45) is 10.9 Å². The molecule has 0 amide bonds. The summed E-state index contributed by atoms with van der Waals surface area (Å²) < 4.78 is 31.0. The Morgan fingerprint density at radius 2 is 1.90 bits per heavy atom. The van der Waals surface area contributed by atoms with Gasteiger partial charge in [-0.25, -0.2) is 4.39 Å². The van der Waals surface area contributed by atoms with Crippen molar-refractivity contribution in [1.29, 1.82) is 0 Å². The van der Waals surface area contributed by atoms with Gasteiger partial charge >= 0.3 is 5.97 Å². The van der Waals surface area contributed by atoms with Crippen molar-refractivity contribution < 1.29 is 33.7 Å². The summed E-state index contributed by atoms with van der Waals surface area (Å²) in [6.07, 6.45) is 0. The van der Waals surface area contributed by atoms with Crippen LogP contribution in [0.2, 0.25) is 0 Å². The number of amidine groups is 1. The molecular weight excluding hydrogens is 409 g/mol. The summed E-state index contributed by atoms with van der Waals surface area (Å²) in [5.41, 5.74) is 6.85. The Hall–Kier alpha value is -3.53. The Kier molecular flexibility index (Phi) is 8.89. The highest BCUT2D eigenvalue weighted by atomic mass is 19.1. The summed E-state index contributed by atoms with van der Waals surface area (Å²) in [7, 11) is 0. The van der Waals surface area contributed by atoms with Gasteiger partial charge < -0.3 is 35.6 Å². The summed E-state index contributed by atoms with van der Waals surface area (Å²) in [6.45, 7) is 2.97. The molecule has 9 nitrogen and oxygen atoms in total. The first-order valence-electron chi connectivity index (χ1n) is 9.57. The molecule has 5 N–H and O–H groups in total. The number of ether oxygens (including phenoxy) is 3. The summed E-state index contributed by atoms with van der Waals surface area (Å²) in [5, 5.41) is 23.8. The van der Waals surface area contributed by atoms with Crippen LogP contribution in [0, 0.1) is 5.82 Å². The second-order valence-corrected chi connectivity index (χ2v) is 6.39. The summed E-state index contributed by atoms with van der Waals surface area (Å²) in [5.74, 6) is -0.707. The van der Waals surface area contributed by atoms with Crippen LogP contribution in [-0.2, 0) is 9.53 Å². The molecule has 31 heavy (non-hydrogen) atoms. The van der Waals surface area contributed by atoms with Gasteiger partial charge in [-0.3, -0.25) is 4.79 Å². The number of benzene rings is 2. The molecule has 0 saturated carbocycles. The Labute approximate surface area is 179 Å². The Morgan fingerprint density at radius 3 is 2.48 bits per heavy atom. The van der Waals surface area contributed by atoms with E-state index in [0.717, 1.165) is 0 Å². The van der Waals surface area contributed by atoms with E-state index in [4.69, 9.17) is 30.3 Å². The van der Waals surface area contributed by atoms with Gasteiger partial charge in [0.05, 0.1) is 19.3 Å². The van der Waals surface area contributed by atoms with Gasteiger partial charge in [-0.15, -0.1) is 0 Å². The average molecular weight is 435 g/mol. The number of oxime groups is 1. The third-order valence-corrected chi connectivity index (χ3v) is 4.17. The first-order valence-corrected chi connectivity index (χ1v) is 9.57. The van der Waals surface area contributed by atoms with Crippen LogP contribution in [0.5, 0.6) is 11.5 Å². The van der Waals surface area contributed by atoms with Gasteiger partial charge in [0, 0.05) is 29.8 Å². The van der Waals surface area contributed by atoms with Crippen LogP contribution < -0.4 is 20.5 Å². The summed E-state index contributed by atoms with van der Waals surface area (Å²) in [4.78, 5) is 11.3. The normalized spacial score (nSPS) is 12.2. The smallest absolute Gasteiger partial charge is 0.302 e. The van der Waals surface area contributed by atoms with Crippen LogP contribution in [0.15, 0.2) is 41.6 Å². The number of aliphatic hydroxyl groups excluding tert-OH is 1. The molecular formula is C21H26FN3O6. The summed E-state index contributed by atoms with van der Waals surface area (Å²) >= 11 is 0. The van der Waals surface area contributed by atoms with Crippen molar-refractivity contribution in [2.45, 2.75) is 19.9 Å². The Bertz CT molecular complexity index is 905. The maximum Gasteiger partial charge on any atom is 0.302 e. The fraction of sp³-hybridized carbons (Fsp3) is 0.333. The predicted molar refractivity (Wildman–Crippen MR) is 112 cm³/mol. The van der Waals surface area contributed by atoms with Crippen molar-refractivity contribution in [3.05, 3.63) is 53.3 Å².